The second kappa shape index (κ2) is 11.4. The van der Waals surface area contributed by atoms with E-state index in [4.69, 9.17) is 22.3 Å². The lowest BCUT2D eigenvalue weighted by Crippen LogP contribution is -2.44. The summed E-state index contributed by atoms with van der Waals surface area (Å²) in [5.41, 5.74) is 11.4. The monoisotopic (exact) mass is 543 g/mol. The number of nitrogen functional groups attached to an aromatic ring is 1. The van der Waals surface area contributed by atoms with Crippen LogP contribution in [0.1, 0.15) is 13.8 Å². The van der Waals surface area contributed by atoms with E-state index in [1.165, 1.54) is 11.8 Å². The Labute approximate surface area is 232 Å². The molecule has 0 amide bonds. The molecular formula is C30H31ClFN7. The quantitative estimate of drug-likeness (QED) is 0.286. The van der Waals surface area contributed by atoms with Gasteiger partial charge in [0.05, 0.1) is 16.3 Å². The third-order valence-electron chi connectivity index (χ3n) is 6.82. The molecule has 1 aliphatic rings. The van der Waals surface area contributed by atoms with Crippen molar-refractivity contribution in [1.29, 1.82) is 0 Å². The van der Waals surface area contributed by atoms with Crippen molar-refractivity contribution < 1.29 is 4.39 Å². The maximum atomic E-state index is 15.2. The highest BCUT2D eigenvalue weighted by atomic mass is 35.5. The number of pyridine rings is 2. The Kier molecular flexibility index (Phi) is 7.77. The Bertz CT molecular complexity index is 1590. The number of hydrogen-bond donors (Lipinski definition) is 1. The van der Waals surface area contributed by atoms with Crippen LogP contribution in [0.4, 0.5) is 15.9 Å². The first-order valence-electron chi connectivity index (χ1n) is 13.1. The largest absolute Gasteiger partial charge is 0.383 e. The van der Waals surface area contributed by atoms with Crippen LogP contribution in [-0.4, -0.2) is 57.6 Å². The van der Waals surface area contributed by atoms with Gasteiger partial charge >= 0.3 is 0 Å². The molecule has 0 saturated carbocycles. The number of likely N-dealkylation sites (N-methyl/N-ethyl adjacent to an activating group) is 1. The molecule has 1 fully saturated rings. The van der Waals surface area contributed by atoms with Crippen molar-refractivity contribution in [3.05, 3.63) is 83.9 Å². The second-order valence-electron chi connectivity index (χ2n) is 9.18. The van der Waals surface area contributed by atoms with Crippen molar-refractivity contribution in [2.75, 3.05) is 43.9 Å². The molecule has 0 unspecified atom stereocenters. The maximum Gasteiger partial charge on any atom is 0.165 e. The zero-order valence-electron chi connectivity index (χ0n) is 22.3. The van der Waals surface area contributed by atoms with Crippen molar-refractivity contribution in [3.63, 3.8) is 0 Å². The van der Waals surface area contributed by atoms with Crippen LogP contribution in [0.25, 0.3) is 39.4 Å². The molecule has 9 heteroatoms. The van der Waals surface area contributed by atoms with Crippen molar-refractivity contribution in [3.8, 4) is 28.2 Å². The lowest BCUT2D eigenvalue weighted by Gasteiger charge is -2.34. The molecule has 2 aromatic carbocycles. The fourth-order valence-corrected chi connectivity index (χ4v) is 4.90. The summed E-state index contributed by atoms with van der Waals surface area (Å²) in [6, 6.07) is 18.9. The molecule has 200 valence electrons. The van der Waals surface area contributed by atoms with E-state index in [1.54, 1.807) is 35.2 Å². The molecule has 0 atom stereocenters. The minimum Gasteiger partial charge on any atom is -0.383 e. The minimum absolute atomic E-state index is 0.0153. The van der Waals surface area contributed by atoms with Crippen LogP contribution in [-0.2, 0) is 0 Å². The van der Waals surface area contributed by atoms with Gasteiger partial charge < -0.3 is 15.5 Å². The van der Waals surface area contributed by atoms with Crippen molar-refractivity contribution in [2.45, 2.75) is 13.8 Å². The Morgan fingerprint density at radius 3 is 2.38 bits per heavy atom. The van der Waals surface area contributed by atoms with Crippen LogP contribution in [0.2, 0.25) is 5.02 Å². The lowest BCUT2D eigenvalue weighted by atomic mass is 10.0. The van der Waals surface area contributed by atoms with E-state index >= 15 is 4.39 Å². The van der Waals surface area contributed by atoms with E-state index in [0.29, 0.717) is 22.6 Å². The normalized spacial score (nSPS) is 13.8. The number of halogens is 2. The number of imidazole rings is 1. The first-order chi connectivity index (χ1) is 19.0. The molecule has 0 bridgehead atoms. The molecule has 6 rings (SSSR count). The average Bonchev–Trinajstić information content (AvgIpc) is 3.35. The molecule has 3 aromatic heterocycles. The van der Waals surface area contributed by atoms with Gasteiger partial charge in [-0.3, -0.25) is 4.57 Å². The molecule has 0 radical (unpaired) electrons. The van der Waals surface area contributed by atoms with E-state index < -0.39 is 5.82 Å². The maximum absolute atomic E-state index is 15.2. The molecule has 2 N–H and O–H groups in total. The standard InChI is InChI=1S/C28H25ClFN7.C2H6/c1-35-12-14-36(15-13-35)20-9-7-18(8-10-20)19-16-21(26(31)33-17-19)27-34-23-5-3-11-32-28(23)37(27)24-6-2-4-22(29)25(24)30;1-2/h2-11,16-17H,12-15H2,1H3,(H2,31,33);1-2H3. The van der Waals surface area contributed by atoms with E-state index in [2.05, 4.69) is 51.1 Å². The summed E-state index contributed by atoms with van der Waals surface area (Å²) in [6.45, 7) is 8.12. The van der Waals surface area contributed by atoms with E-state index in [-0.39, 0.29) is 16.5 Å². The minimum atomic E-state index is -0.558. The number of nitrogens with zero attached hydrogens (tertiary/aromatic N) is 6. The fraction of sp³-hybridized carbons (Fsp3) is 0.233. The number of fused-ring (bicyclic) bond motifs is 1. The van der Waals surface area contributed by atoms with Gasteiger partial charge in [-0.05, 0) is 55.1 Å². The van der Waals surface area contributed by atoms with Gasteiger partial charge in [0.15, 0.2) is 17.3 Å². The predicted molar refractivity (Wildman–Crippen MR) is 158 cm³/mol. The number of rotatable bonds is 4. The highest BCUT2D eigenvalue weighted by molar-refractivity contribution is 6.30. The van der Waals surface area contributed by atoms with Gasteiger partial charge in [-0.2, -0.15) is 0 Å². The van der Waals surface area contributed by atoms with Crippen LogP contribution in [0.15, 0.2) is 73.1 Å². The van der Waals surface area contributed by atoms with Crippen molar-refractivity contribution in [2.24, 2.45) is 0 Å². The Morgan fingerprint density at radius 1 is 0.897 bits per heavy atom. The van der Waals surface area contributed by atoms with Gasteiger partial charge in [0.25, 0.3) is 0 Å². The number of hydrogen-bond acceptors (Lipinski definition) is 6. The zero-order valence-corrected chi connectivity index (χ0v) is 23.0. The molecular weight excluding hydrogens is 513 g/mol. The molecule has 5 aromatic rings. The van der Waals surface area contributed by atoms with Crippen LogP contribution >= 0.6 is 11.6 Å². The second-order valence-corrected chi connectivity index (χ2v) is 9.59. The summed E-state index contributed by atoms with van der Waals surface area (Å²) >= 11 is 6.12. The van der Waals surface area contributed by atoms with E-state index in [9.17, 15) is 0 Å². The SMILES string of the molecule is CC.CN1CCN(c2ccc(-c3cnc(N)c(-c4nc5cccnc5n4-c4cccc(Cl)c4F)c3)cc2)CC1. The molecule has 0 aliphatic carbocycles. The first-order valence-corrected chi connectivity index (χ1v) is 13.4. The predicted octanol–water partition coefficient (Wildman–Crippen LogP) is 6.30. The molecule has 39 heavy (non-hydrogen) atoms. The molecule has 1 saturated heterocycles. The highest BCUT2D eigenvalue weighted by Gasteiger charge is 2.21. The Balaban J connectivity index is 0.00000151. The Morgan fingerprint density at radius 2 is 1.64 bits per heavy atom. The number of benzene rings is 2. The van der Waals surface area contributed by atoms with E-state index in [0.717, 1.165) is 37.3 Å². The number of anilines is 2. The van der Waals surface area contributed by atoms with Crippen molar-refractivity contribution in [1.82, 2.24) is 24.4 Å². The third kappa shape index (κ3) is 5.17. The summed E-state index contributed by atoms with van der Waals surface area (Å²) in [5.74, 6) is 0.171. The van der Waals surface area contributed by atoms with Gasteiger partial charge in [0.2, 0.25) is 0 Å². The van der Waals surface area contributed by atoms with Crippen molar-refractivity contribution >= 4 is 34.3 Å². The zero-order chi connectivity index (χ0) is 27.5. The van der Waals surface area contributed by atoms with Gasteiger partial charge in [-0.25, -0.2) is 19.3 Å². The molecule has 4 heterocycles. The molecule has 1 aliphatic heterocycles. The summed E-state index contributed by atoms with van der Waals surface area (Å²) in [5, 5.41) is 0.0153. The number of nitrogens with two attached hydrogens (primary N) is 1. The third-order valence-corrected chi connectivity index (χ3v) is 7.11. The van der Waals surface area contributed by atoms with Crippen LogP contribution < -0.4 is 10.6 Å². The summed E-state index contributed by atoms with van der Waals surface area (Å²) in [6.07, 6.45) is 3.39. The van der Waals surface area contributed by atoms with Gasteiger partial charge in [-0.1, -0.05) is 43.6 Å². The topological polar surface area (TPSA) is 76.1 Å². The lowest BCUT2D eigenvalue weighted by molar-refractivity contribution is 0.313. The highest BCUT2D eigenvalue weighted by Crippen LogP contribution is 2.35. The number of piperazine rings is 1. The summed E-state index contributed by atoms with van der Waals surface area (Å²) < 4.78 is 16.8. The molecule has 7 nitrogen and oxygen atoms in total. The molecule has 0 spiro atoms. The summed E-state index contributed by atoms with van der Waals surface area (Å²) in [7, 11) is 2.15. The van der Waals surface area contributed by atoms with Crippen LogP contribution in [0, 0.1) is 5.82 Å². The summed E-state index contributed by atoms with van der Waals surface area (Å²) in [4.78, 5) is 18.4. The average molecular weight is 544 g/mol. The number of aromatic nitrogens is 4. The van der Waals surface area contributed by atoms with Gasteiger partial charge in [-0.15, -0.1) is 0 Å². The fourth-order valence-electron chi connectivity index (χ4n) is 4.73. The van der Waals surface area contributed by atoms with Crippen LogP contribution in [0.5, 0.6) is 0 Å². The Hall–Kier alpha value is -4.01. The van der Waals surface area contributed by atoms with Gasteiger partial charge in [0, 0.05) is 49.8 Å². The first kappa shape index (κ1) is 26.6. The van der Waals surface area contributed by atoms with Crippen LogP contribution in [0.3, 0.4) is 0 Å². The van der Waals surface area contributed by atoms with E-state index in [1.807, 2.05) is 26.0 Å². The smallest absolute Gasteiger partial charge is 0.165 e. The van der Waals surface area contributed by atoms with Gasteiger partial charge in [0.1, 0.15) is 11.3 Å².